The molecule has 1 aromatic carbocycles. The molecule has 0 N–H and O–H groups in total. The van der Waals surface area contributed by atoms with Gasteiger partial charge < -0.3 is 14.4 Å². The summed E-state index contributed by atoms with van der Waals surface area (Å²) < 4.78 is 10.6. The van der Waals surface area contributed by atoms with Gasteiger partial charge in [-0.3, -0.25) is 14.9 Å². The average molecular weight is 343 g/mol. The van der Waals surface area contributed by atoms with Crippen molar-refractivity contribution in [1.29, 1.82) is 0 Å². The average Bonchev–Trinajstić information content (AvgIpc) is 2.98. The largest absolute Gasteiger partial charge is 0.465 e. The fraction of sp³-hybridized carbons (Fsp3) is 0.294. The smallest absolute Gasteiger partial charge is 0.325 e. The van der Waals surface area contributed by atoms with E-state index in [1.165, 1.54) is 12.1 Å². The van der Waals surface area contributed by atoms with Gasteiger partial charge in [0.25, 0.3) is 5.69 Å². The van der Waals surface area contributed by atoms with Crippen LogP contribution in [-0.4, -0.2) is 35.6 Å². The molecule has 0 saturated heterocycles. The van der Waals surface area contributed by atoms with Crippen LogP contribution >= 0.6 is 0 Å². The van der Waals surface area contributed by atoms with Crippen LogP contribution in [0.15, 0.2) is 36.5 Å². The Morgan fingerprint density at radius 2 is 2.20 bits per heavy atom. The number of carbonyl (C=O) groups excluding carboxylic acids is 1. The molecule has 0 bridgehead atoms. The van der Waals surface area contributed by atoms with Gasteiger partial charge in [0.15, 0.2) is 0 Å². The molecule has 0 unspecified atom stereocenters. The van der Waals surface area contributed by atoms with Crippen molar-refractivity contribution in [3.05, 3.63) is 52.2 Å². The molecular weight excluding hydrogens is 326 g/mol. The predicted octanol–water partition coefficient (Wildman–Crippen LogP) is 2.71. The van der Waals surface area contributed by atoms with Crippen molar-refractivity contribution in [2.45, 2.75) is 13.3 Å². The Morgan fingerprint density at radius 1 is 1.36 bits per heavy atom. The van der Waals surface area contributed by atoms with Crippen molar-refractivity contribution in [2.75, 3.05) is 24.6 Å². The van der Waals surface area contributed by atoms with Crippen molar-refractivity contribution in [2.24, 2.45) is 0 Å². The zero-order valence-electron chi connectivity index (χ0n) is 13.7. The number of hydrogen-bond acceptors (Lipinski definition) is 7. The number of rotatable bonds is 6. The molecule has 1 aliphatic heterocycles. The van der Waals surface area contributed by atoms with Gasteiger partial charge in [0, 0.05) is 24.4 Å². The second-order valence-corrected chi connectivity index (χ2v) is 5.48. The van der Waals surface area contributed by atoms with Crippen LogP contribution in [0.3, 0.4) is 0 Å². The minimum absolute atomic E-state index is 0.0871. The molecule has 0 spiro atoms. The first kappa shape index (κ1) is 16.7. The number of fused-ring (bicyclic) bond motifs is 1. The fourth-order valence-corrected chi connectivity index (χ4v) is 2.70. The van der Waals surface area contributed by atoms with Crippen LogP contribution in [0.1, 0.15) is 12.5 Å². The number of benzene rings is 1. The van der Waals surface area contributed by atoms with E-state index in [-0.39, 0.29) is 24.1 Å². The summed E-state index contributed by atoms with van der Waals surface area (Å²) in [5.41, 5.74) is 1.97. The summed E-state index contributed by atoms with van der Waals surface area (Å²) in [4.78, 5) is 27.7. The molecule has 8 heteroatoms. The maximum atomic E-state index is 11.6. The number of carbonyl (C=O) groups is 1. The molecule has 2 aromatic rings. The number of aromatic nitrogens is 1. The molecule has 0 saturated carbocycles. The van der Waals surface area contributed by atoms with Crippen LogP contribution in [0.4, 0.5) is 11.4 Å². The highest BCUT2D eigenvalue weighted by Gasteiger charge is 2.22. The molecule has 130 valence electrons. The molecule has 0 aliphatic carbocycles. The third kappa shape index (κ3) is 3.85. The van der Waals surface area contributed by atoms with Gasteiger partial charge in [-0.25, -0.2) is 4.98 Å². The molecular formula is C17H17N3O5. The first-order chi connectivity index (χ1) is 12.1. The molecule has 25 heavy (non-hydrogen) atoms. The molecule has 3 rings (SSSR count). The molecule has 1 aliphatic rings. The van der Waals surface area contributed by atoms with Crippen molar-refractivity contribution in [3.8, 4) is 11.6 Å². The third-order valence-corrected chi connectivity index (χ3v) is 3.82. The Bertz CT molecular complexity index is 791. The number of pyridine rings is 1. The molecule has 0 amide bonds. The van der Waals surface area contributed by atoms with E-state index in [1.54, 1.807) is 13.0 Å². The standard InChI is InChI=1S/C17H17N3O5/c1-2-24-17(21)11-19-8-7-12-9-14(4-5-15(12)19)25-16-6-3-13(10-18-16)20(22)23/h3-6,9-10H,2,7-8,11H2,1H3. The van der Waals surface area contributed by atoms with E-state index in [0.29, 0.717) is 12.4 Å². The van der Waals surface area contributed by atoms with Crippen LogP contribution in [0.2, 0.25) is 0 Å². The SMILES string of the molecule is CCOC(=O)CN1CCc2cc(Oc3ccc([N+](=O)[O-])cn3)ccc21. The monoisotopic (exact) mass is 343 g/mol. The molecule has 0 radical (unpaired) electrons. The van der Waals surface area contributed by atoms with Gasteiger partial charge in [-0.2, -0.15) is 0 Å². The third-order valence-electron chi connectivity index (χ3n) is 3.82. The Labute approximate surface area is 144 Å². The van der Waals surface area contributed by atoms with Gasteiger partial charge in [0.05, 0.1) is 11.5 Å². The number of nitrogens with zero attached hydrogens (tertiary/aromatic N) is 3. The summed E-state index contributed by atoms with van der Waals surface area (Å²) in [6.45, 7) is 3.12. The van der Waals surface area contributed by atoms with Gasteiger partial charge in [0.1, 0.15) is 18.5 Å². The molecule has 8 nitrogen and oxygen atoms in total. The summed E-state index contributed by atoms with van der Waals surface area (Å²) in [7, 11) is 0. The Kier molecular flexibility index (Phi) is 4.78. The lowest BCUT2D eigenvalue weighted by molar-refractivity contribution is -0.385. The lowest BCUT2D eigenvalue weighted by Crippen LogP contribution is -2.29. The summed E-state index contributed by atoms with van der Waals surface area (Å²) in [5.74, 6) is 0.635. The molecule has 0 atom stereocenters. The lowest BCUT2D eigenvalue weighted by atomic mass is 10.1. The topological polar surface area (TPSA) is 94.8 Å². The normalized spacial score (nSPS) is 12.6. The van der Waals surface area contributed by atoms with Crippen molar-refractivity contribution in [1.82, 2.24) is 4.98 Å². The van der Waals surface area contributed by atoms with Gasteiger partial charge in [0.2, 0.25) is 5.88 Å². The van der Waals surface area contributed by atoms with Crippen LogP contribution in [0.25, 0.3) is 0 Å². The number of esters is 1. The van der Waals surface area contributed by atoms with E-state index in [1.807, 2.05) is 17.0 Å². The summed E-state index contributed by atoms with van der Waals surface area (Å²) >= 11 is 0. The van der Waals surface area contributed by atoms with Gasteiger partial charge >= 0.3 is 5.97 Å². The number of ether oxygens (including phenoxy) is 2. The highest BCUT2D eigenvalue weighted by Crippen LogP contribution is 2.32. The minimum Gasteiger partial charge on any atom is -0.465 e. The Morgan fingerprint density at radius 3 is 2.88 bits per heavy atom. The minimum atomic E-state index is -0.510. The molecule has 2 heterocycles. The van der Waals surface area contributed by atoms with Gasteiger partial charge in [-0.1, -0.05) is 0 Å². The van der Waals surface area contributed by atoms with Crippen LogP contribution < -0.4 is 9.64 Å². The quantitative estimate of drug-likeness (QED) is 0.452. The van der Waals surface area contributed by atoms with Crippen LogP contribution in [0, 0.1) is 10.1 Å². The van der Waals surface area contributed by atoms with E-state index in [0.717, 1.165) is 30.4 Å². The van der Waals surface area contributed by atoms with Crippen molar-refractivity contribution in [3.63, 3.8) is 0 Å². The highest BCUT2D eigenvalue weighted by molar-refractivity contribution is 5.77. The Hall–Kier alpha value is -3.16. The van der Waals surface area contributed by atoms with E-state index in [4.69, 9.17) is 9.47 Å². The van der Waals surface area contributed by atoms with E-state index in [2.05, 4.69) is 4.98 Å². The first-order valence-electron chi connectivity index (χ1n) is 7.88. The second-order valence-electron chi connectivity index (χ2n) is 5.48. The maximum Gasteiger partial charge on any atom is 0.325 e. The van der Waals surface area contributed by atoms with E-state index >= 15 is 0 Å². The van der Waals surface area contributed by atoms with Gasteiger partial charge in [-0.15, -0.1) is 0 Å². The number of nitro groups is 1. The summed E-state index contributed by atoms with van der Waals surface area (Å²) in [5, 5.41) is 10.6. The summed E-state index contributed by atoms with van der Waals surface area (Å²) in [6.07, 6.45) is 1.96. The fourth-order valence-electron chi connectivity index (χ4n) is 2.70. The molecule has 1 aromatic heterocycles. The highest BCUT2D eigenvalue weighted by atomic mass is 16.6. The predicted molar refractivity (Wildman–Crippen MR) is 90.0 cm³/mol. The number of anilines is 1. The van der Waals surface area contributed by atoms with E-state index < -0.39 is 4.92 Å². The lowest BCUT2D eigenvalue weighted by Gasteiger charge is -2.18. The molecule has 0 fully saturated rings. The van der Waals surface area contributed by atoms with Crippen molar-refractivity contribution >= 4 is 17.3 Å². The second kappa shape index (κ2) is 7.16. The van der Waals surface area contributed by atoms with Gasteiger partial charge in [-0.05, 0) is 37.1 Å². The number of hydrogen-bond donors (Lipinski definition) is 0. The van der Waals surface area contributed by atoms with Crippen molar-refractivity contribution < 1.29 is 19.2 Å². The summed E-state index contributed by atoms with van der Waals surface area (Å²) in [6, 6.07) is 8.37. The van der Waals surface area contributed by atoms with Crippen LogP contribution in [0.5, 0.6) is 11.6 Å². The maximum absolute atomic E-state index is 11.6. The van der Waals surface area contributed by atoms with Crippen LogP contribution in [-0.2, 0) is 16.0 Å². The zero-order chi connectivity index (χ0) is 17.8. The first-order valence-corrected chi connectivity index (χ1v) is 7.88. The Balaban J connectivity index is 1.69. The van der Waals surface area contributed by atoms with E-state index in [9.17, 15) is 14.9 Å². The zero-order valence-corrected chi connectivity index (χ0v) is 13.7.